The Labute approximate surface area is 168 Å². The molecule has 0 amide bonds. The summed E-state index contributed by atoms with van der Waals surface area (Å²) in [5.74, 6) is -4.79. The number of benzene rings is 1. The second kappa shape index (κ2) is 11.2. The zero-order valence-corrected chi connectivity index (χ0v) is 15.8. The second-order valence-electron chi connectivity index (χ2n) is 5.50. The first-order chi connectivity index (χ1) is 13.6. The average molecular weight is 434 g/mol. The van der Waals surface area contributed by atoms with E-state index in [1.165, 1.54) is 0 Å². The van der Waals surface area contributed by atoms with E-state index < -0.39 is 36.3 Å². The highest BCUT2D eigenvalue weighted by atomic mass is 35.5. The van der Waals surface area contributed by atoms with E-state index >= 15 is 0 Å². The summed E-state index contributed by atoms with van der Waals surface area (Å²) < 4.78 is 27.6. The molecule has 0 aliphatic heterocycles. The van der Waals surface area contributed by atoms with Gasteiger partial charge in [0, 0.05) is 18.3 Å². The number of halogens is 3. The molecule has 12 heteroatoms. The Balaban J connectivity index is 0.000000612. The number of aliphatic hydroxyl groups is 2. The lowest BCUT2D eigenvalue weighted by Gasteiger charge is -2.12. The number of rotatable bonds is 6. The minimum atomic E-state index is -1.82. The number of nitrogens with one attached hydrogen (secondary N) is 1. The monoisotopic (exact) mass is 433 g/mol. The fraction of sp³-hybridized carbons (Fsp3) is 0.294. The van der Waals surface area contributed by atoms with Crippen LogP contribution in [0, 0.1) is 11.6 Å². The van der Waals surface area contributed by atoms with Crippen LogP contribution in [-0.4, -0.2) is 61.6 Å². The van der Waals surface area contributed by atoms with Crippen molar-refractivity contribution in [2.75, 3.05) is 18.5 Å². The van der Waals surface area contributed by atoms with Gasteiger partial charge in [-0.05, 0) is 18.6 Å². The molecule has 0 fully saturated rings. The molecule has 0 aliphatic rings. The van der Waals surface area contributed by atoms with Gasteiger partial charge < -0.3 is 25.7 Å². The molecule has 158 valence electrons. The number of carbonyl (C=O) groups is 2. The van der Waals surface area contributed by atoms with Crippen molar-refractivity contribution in [2.45, 2.75) is 19.4 Å². The minimum Gasteiger partial charge on any atom is -0.473 e. The van der Waals surface area contributed by atoms with Crippen LogP contribution in [-0.2, 0) is 16.0 Å². The van der Waals surface area contributed by atoms with Gasteiger partial charge in [0.2, 0.25) is 0 Å². The molecule has 1 aromatic heterocycles. The number of nitrogens with zero attached hydrogens (tertiary/aromatic N) is 2. The third-order valence-electron chi connectivity index (χ3n) is 3.30. The maximum Gasteiger partial charge on any atom is 0.414 e. The second-order valence-corrected chi connectivity index (χ2v) is 5.90. The van der Waals surface area contributed by atoms with Crippen molar-refractivity contribution in [3.63, 3.8) is 0 Å². The van der Waals surface area contributed by atoms with Crippen molar-refractivity contribution in [3.8, 4) is 11.4 Å². The third-order valence-corrected chi connectivity index (χ3v) is 3.59. The van der Waals surface area contributed by atoms with E-state index in [1.807, 2.05) is 6.92 Å². The lowest BCUT2D eigenvalue weighted by atomic mass is 10.2. The summed E-state index contributed by atoms with van der Waals surface area (Å²) >= 11 is 5.54. The summed E-state index contributed by atoms with van der Waals surface area (Å²) in [4.78, 5) is 26.5. The number of aromatic nitrogens is 2. The Morgan fingerprint density at radius 2 is 1.76 bits per heavy atom. The number of hydrogen-bond acceptors (Lipinski definition) is 7. The van der Waals surface area contributed by atoms with Gasteiger partial charge in [-0.2, -0.15) is 0 Å². The van der Waals surface area contributed by atoms with Crippen LogP contribution < -0.4 is 5.32 Å². The van der Waals surface area contributed by atoms with Crippen LogP contribution in [0.4, 0.5) is 14.6 Å². The fourth-order valence-electron chi connectivity index (χ4n) is 1.87. The molecule has 0 unspecified atom stereocenters. The smallest absolute Gasteiger partial charge is 0.414 e. The number of aliphatic hydroxyl groups excluding tert-OH is 2. The molecule has 2 rings (SSSR count). The van der Waals surface area contributed by atoms with Gasteiger partial charge in [-0.1, -0.05) is 18.5 Å². The quantitative estimate of drug-likeness (QED) is 0.337. The molecule has 9 nitrogen and oxygen atoms in total. The van der Waals surface area contributed by atoms with Gasteiger partial charge in [0.15, 0.2) is 5.82 Å². The lowest BCUT2D eigenvalue weighted by Crippen LogP contribution is -2.23. The molecule has 0 bridgehead atoms. The molecule has 1 aromatic carbocycles. The molecule has 1 heterocycles. The summed E-state index contributed by atoms with van der Waals surface area (Å²) in [7, 11) is 0. The van der Waals surface area contributed by atoms with E-state index in [1.54, 1.807) is 6.07 Å². The Kier molecular flexibility index (Phi) is 9.32. The lowest BCUT2D eigenvalue weighted by molar-refractivity contribution is -0.159. The van der Waals surface area contributed by atoms with Gasteiger partial charge in [0.25, 0.3) is 0 Å². The van der Waals surface area contributed by atoms with E-state index in [9.17, 15) is 13.9 Å². The summed E-state index contributed by atoms with van der Waals surface area (Å²) in [6.07, 6.45) is -0.395. The molecule has 1 atom stereocenters. The maximum atomic E-state index is 14.0. The normalized spacial score (nSPS) is 11.2. The van der Waals surface area contributed by atoms with Crippen LogP contribution in [0.2, 0.25) is 5.02 Å². The van der Waals surface area contributed by atoms with Crippen molar-refractivity contribution in [3.05, 3.63) is 40.6 Å². The zero-order valence-electron chi connectivity index (χ0n) is 15.1. The van der Waals surface area contributed by atoms with Crippen molar-refractivity contribution in [2.24, 2.45) is 0 Å². The molecule has 0 saturated carbocycles. The number of aliphatic carboxylic acids is 2. The molecule has 0 radical (unpaired) electrons. The van der Waals surface area contributed by atoms with Crippen LogP contribution in [0.25, 0.3) is 11.4 Å². The Morgan fingerprint density at radius 3 is 2.28 bits per heavy atom. The van der Waals surface area contributed by atoms with Crippen molar-refractivity contribution in [1.82, 2.24) is 9.97 Å². The largest absolute Gasteiger partial charge is 0.473 e. The van der Waals surface area contributed by atoms with E-state index in [0.29, 0.717) is 17.9 Å². The first-order valence-electron chi connectivity index (χ1n) is 8.10. The number of carboxylic acids is 2. The first kappa shape index (κ1) is 24.1. The standard InChI is InChI=1S/C15H16ClF2N3O2.C2H2O4/c1-2-8-3-14(19-6-9(23)7-22)21-15(20-8)10-4-13(18)11(16)5-12(10)17;3-1(4)2(5)6/h3-5,9,22-23H,2,6-7H2,1H3,(H,19,20,21);(H,3,4)(H,5,6)/t9-;/m1./s1. The highest BCUT2D eigenvalue weighted by Crippen LogP contribution is 2.26. The average Bonchev–Trinajstić information content (AvgIpc) is 2.68. The van der Waals surface area contributed by atoms with Crippen LogP contribution in [0.15, 0.2) is 18.2 Å². The summed E-state index contributed by atoms with van der Waals surface area (Å²) in [5, 5.41) is 35.5. The molecule has 29 heavy (non-hydrogen) atoms. The zero-order chi connectivity index (χ0) is 22.1. The highest BCUT2D eigenvalue weighted by Gasteiger charge is 2.15. The van der Waals surface area contributed by atoms with Gasteiger partial charge in [0.1, 0.15) is 17.5 Å². The van der Waals surface area contributed by atoms with Crippen molar-refractivity contribution in [1.29, 1.82) is 0 Å². The first-order valence-corrected chi connectivity index (χ1v) is 8.48. The molecular formula is C17H18ClF2N3O6. The number of carboxylic acid groups (broad SMARTS) is 2. The van der Waals surface area contributed by atoms with Crippen LogP contribution in [0.1, 0.15) is 12.6 Å². The van der Waals surface area contributed by atoms with Gasteiger partial charge in [-0.15, -0.1) is 0 Å². The molecule has 2 aromatic rings. The van der Waals surface area contributed by atoms with E-state index in [0.717, 1.165) is 12.1 Å². The predicted molar refractivity (Wildman–Crippen MR) is 98.6 cm³/mol. The molecule has 0 saturated heterocycles. The maximum absolute atomic E-state index is 14.0. The van der Waals surface area contributed by atoms with Gasteiger partial charge in [0.05, 0.1) is 23.3 Å². The third kappa shape index (κ3) is 7.56. The Hall–Kier alpha value is -2.89. The SMILES string of the molecule is CCc1cc(NC[C@@H](O)CO)nc(-c2cc(F)c(Cl)cc2F)n1.O=C(O)C(=O)O. The summed E-state index contributed by atoms with van der Waals surface area (Å²) in [6.45, 7) is 1.52. The van der Waals surface area contributed by atoms with Crippen LogP contribution in [0.5, 0.6) is 0 Å². The van der Waals surface area contributed by atoms with Crippen LogP contribution >= 0.6 is 11.6 Å². The van der Waals surface area contributed by atoms with Gasteiger partial charge >= 0.3 is 11.9 Å². The molecule has 0 spiro atoms. The topological polar surface area (TPSA) is 153 Å². The predicted octanol–water partition coefficient (Wildman–Crippen LogP) is 1.56. The summed E-state index contributed by atoms with van der Waals surface area (Å²) in [5.41, 5.74) is 0.513. The van der Waals surface area contributed by atoms with Gasteiger partial charge in [-0.3, -0.25) is 0 Å². The van der Waals surface area contributed by atoms with Crippen molar-refractivity contribution < 1.29 is 38.8 Å². The summed E-state index contributed by atoms with van der Waals surface area (Å²) in [6, 6.07) is 3.45. The molecule has 5 N–H and O–H groups in total. The van der Waals surface area contributed by atoms with E-state index in [4.69, 9.17) is 36.5 Å². The highest BCUT2D eigenvalue weighted by molar-refractivity contribution is 6.30. The van der Waals surface area contributed by atoms with E-state index in [-0.39, 0.29) is 23.0 Å². The number of aryl methyl sites for hydroxylation is 1. The number of anilines is 1. The Morgan fingerprint density at radius 1 is 1.14 bits per heavy atom. The minimum absolute atomic E-state index is 0.0124. The Bertz CT molecular complexity index is 872. The molecule has 0 aliphatic carbocycles. The van der Waals surface area contributed by atoms with Crippen molar-refractivity contribution >= 4 is 29.4 Å². The number of hydrogen-bond donors (Lipinski definition) is 5. The van der Waals surface area contributed by atoms with Crippen LogP contribution in [0.3, 0.4) is 0 Å². The van der Waals surface area contributed by atoms with E-state index in [2.05, 4.69) is 15.3 Å². The molecular weight excluding hydrogens is 416 g/mol. The fourth-order valence-corrected chi connectivity index (χ4v) is 2.02. The van der Waals surface area contributed by atoms with Gasteiger partial charge in [-0.25, -0.2) is 28.3 Å².